The molecule has 0 radical (unpaired) electrons. The molecular formula is C12H19N7. The number of anilines is 2. The highest BCUT2D eigenvalue weighted by Crippen LogP contribution is 2.13. The van der Waals surface area contributed by atoms with Gasteiger partial charge in [0, 0.05) is 40.0 Å². The number of rotatable bonds is 5. The Morgan fingerprint density at radius 2 is 2.05 bits per heavy atom. The van der Waals surface area contributed by atoms with Crippen molar-refractivity contribution in [1.82, 2.24) is 24.5 Å². The van der Waals surface area contributed by atoms with Gasteiger partial charge in [-0.2, -0.15) is 15.0 Å². The van der Waals surface area contributed by atoms with Crippen molar-refractivity contribution in [1.29, 1.82) is 0 Å². The van der Waals surface area contributed by atoms with E-state index >= 15 is 0 Å². The SMILES string of the molecule is CCCc1nccn1-c1nc(NC)nc(N(C)C)n1. The topological polar surface area (TPSA) is 71.8 Å². The first-order chi connectivity index (χ1) is 9.15. The molecule has 102 valence electrons. The molecule has 7 nitrogen and oxygen atoms in total. The van der Waals surface area contributed by atoms with Gasteiger partial charge in [0.15, 0.2) is 0 Å². The Bertz CT molecular complexity index is 547. The lowest BCUT2D eigenvalue weighted by molar-refractivity contribution is 0.774. The van der Waals surface area contributed by atoms with Crippen LogP contribution in [0.3, 0.4) is 0 Å². The van der Waals surface area contributed by atoms with Gasteiger partial charge in [0.05, 0.1) is 0 Å². The van der Waals surface area contributed by atoms with Crippen LogP contribution in [0.5, 0.6) is 0 Å². The van der Waals surface area contributed by atoms with Crippen molar-refractivity contribution in [3.8, 4) is 5.95 Å². The molecule has 0 fully saturated rings. The number of hydrogen-bond acceptors (Lipinski definition) is 6. The molecule has 0 spiro atoms. The first-order valence-corrected chi connectivity index (χ1v) is 6.29. The smallest absolute Gasteiger partial charge is 0.241 e. The zero-order valence-electron chi connectivity index (χ0n) is 11.8. The third-order valence-electron chi connectivity index (χ3n) is 2.64. The van der Waals surface area contributed by atoms with Gasteiger partial charge in [-0.15, -0.1) is 0 Å². The van der Waals surface area contributed by atoms with Crippen LogP contribution in [-0.4, -0.2) is 45.6 Å². The first kappa shape index (κ1) is 13.3. The minimum atomic E-state index is 0.546. The predicted octanol–water partition coefficient (Wildman–Crippen LogP) is 1.12. The predicted molar refractivity (Wildman–Crippen MR) is 74.8 cm³/mol. The fourth-order valence-corrected chi connectivity index (χ4v) is 1.70. The Morgan fingerprint density at radius 1 is 1.26 bits per heavy atom. The summed E-state index contributed by atoms with van der Waals surface area (Å²) in [5, 5.41) is 2.95. The molecule has 2 aromatic rings. The van der Waals surface area contributed by atoms with Crippen LogP contribution in [0.1, 0.15) is 19.2 Å². The van der Waals surface area contributed by atoms with E-state index in [-0.39, 0.29) is 0 Å². The number of nitrogens with one attached hydrogen (secondary N) is 1. The molecular weight excluding hydrogens is 242 g/mol. The zero-order valence-corrected chi connectivity index (χ0v) is 11.8. The maximum Gasteiger partial charge on any atom is 0.241 e. The van der Waals surface area contributed by atoms with Crippen molar-refractivity contribution in [3.05, 3.63) is 18.2 Å². The van der Waals surface area contributed by atoms with Crippen LogP contribution in [0.2, 0.25) is 0 Å². The Labute approximate surface area is 112 Å². The summed E-state index contributed by atoms with van der Waals surface area (Å²) >= 11 is 0. The molecule has 0 unspecified atom stereocenters. The zero-order chi connectivity index (χ0) is 13.8. The number of aryl methyl sites for hydroxylation is 1. The maximum absolute atomic E-state index is 4.45. The molecule has 0 bridgehead atoms. The van der Waals surface area contributed by atoms with E-state index in [2.05, 4.69) is 32.2 Å². The Hall–Kier alpha value is -2.18. The molecule has 2 rings (SSSR count). The highest BCUT2D eigenvalue weighted by atomic mass is 15.3. The largest absolute Gasteiger partial charge is 0.357 e. The van der Waals surface area contributed by atoms with Gasteiger partial charge in [0.1, 0.15) is 5.82 Å². The van der Waals surface area contributed by atoms with Crippen LogP contribution in [0.25, 0.3) is 5.95 Å². The highest BCUT2D eigenvalue weighted by Gasteiger charge is 2.11. The van der Waals surface area contributed by atoms with Crippen LogP contribution >= 0.6 is 0 Å². The van der Waals surface area contributed by atoms with Gasteiger partial charge in [-0.05, 0) is 6.42 Å². The lowest BCUT2D eigenvalue weighted by atomic mass is 10.3. The third-order valence-corrected chi connectivity index (χ3v) is 2.64. The maximum atomic E-state index is 4.45. The van der Waals surface area contributed by atoms with Crippen LogP contribution < -0.4 is 10.2 Å². The molecule has 7 heteroatoms. The second-order valence-corrected chi connectivity index (χ2v) is 4.37. The summed E-state index contributed by atoms with van der Waals surface area (Å²) in [6, 6.07) is 0. The Kier molecular flexibility index (Phi) is 3.94. The van der Waals surface area contributed by atoms with Crippen molar-refractivity contribution in [3.63, 3.8) is 0 Å². The molecule has 1 N–H and O–H groups in total. The number of hydrogen-bond donors (Lipinski definition) is 1. The average Bonchev–Trinajstić information content (AvgIpc) is 2.87. The number of nitrogens with zero attached hydrogens (tertiary/aromatic N) is 6. The standard InChI is InChI=1S/C12H19N7/c1-5-6-9-14-7-8-19(9)12-16-10(13-2)15-11(17-12)18(3)4/h7-8H,5-6H2,1-4H3,(H,13,15,16,17). The Morgan fingerprint density at radius 3 is 2.68 bits per heavy atom. The molecule has 0 aliphatic rings. The van der Waals surface area contributed by atoms with Gasteiger partial charge in [-0.25, -0.2) is 4.98 Å². The lowest BCUT2D eigenvalue weighted by Crippen LogP contribution is -2.17. The van der Waals surface area contributed by atoms with Crippen LogP contribution in [-0.2, 0) is 6.42 Å². The molecule has 2 aromatic heterocycles. The van der Waals surface area contributed by atoms with Crippen molar-refractivity contribution < 1.29 is 0 Å². The summed E-state index contributed by atoms with van der Waals surface area (Å²) in [6.45, 7) is 2.12. The van der Waals surface area contributed by atoms with Crippen LogP contribution in [0, 0.1) is 0 Å². The average molecular weight is 261 g/mol. The van der Waals surface area contributed by atoms with E-state index < -0.39 is 0 Å². The summed E-state index contributed by atoms with van der Waals surface area (Å²) < 4.78 is 1.90. The molecule has 0 saturated carbocycles. The van der Waals surface area contributed by atoms with E-state index in [1.54, 1.807) is 13.2 Å². The van der Waals surface area contributed by atoms with Gasteiger partial charge in [0.2, 0.25) is 17.8 Å². The quantitative estimate of drug-likeness (QED) is 0.869. The fourth-order valence-electron chi connectivity index (χ4n) is 1.70. The molecule has 0 aromatic carbocycles. The Balaban J connectivity index is 2.48. The van der Waals surface area contributed by atoms with E-state index in [9.17, 15) is 0 Å². The summed E-state index contributed by atoms with van der Waals surface area (Å²) in [5.74, 6) is 2.71. The monoisotopic (exact) mass is 261 g/mol. The second kappa shape index (κ2) is 5.64. The fraction of sp³-hybridized carbons (Fsp3) is 0.500. The summed E-state index contributed by atoms with van der Waals surface area (Å²) in [7, 11) is 5.60. The van der Waals surface area contributed by atoms with E-state index in [1.807, 2.05) is 29.8 Å². The summed E-state index contributed by atoms with van der Waals surface area (Å²) in [4.78, 5) is 19.3. The normalized spacial score (nSPS) is 10.5. The lowest BCUT2D eigenvalue weighted by Gasteiger charge is -2.13. The molecule has 0 saturated heterocycles. The van der Waals surface area contributed by atoms with Crippen molar-refractivity contribution in [2.24, 2.45) is 0 Å². The van der Waals surface area contributed by atoms with Gasteiger partial charge in [-0.1, -0.05) is 6.92 Å². The van der Waals surface area contributed by atoms with E-state index in [4.69, 9.17) is 0 Å². The molecule has 2 heterocycles. The first-order valence-electron chi connectivity index (χ1n) is 6.29. The second-order valence-electron chi connectivity index (χ2n) is 4.37. The van der Waals surface area contributed by atoms with Crippen molar-refractivity contribution >= 4 is 11.9 Å². The van der Waals surface area contributed by atoms with Gasteiger partial charge in [-0.3, -0.25) is 4.57 Å². The van der Waals surface area contributed by atoms with Gasteiger partial charge < -0.3 is 10.2 Å². The number of aromatic nitrogens is 5. The minimum absolute atomic E-state index is 0.546. The molecule has 0 atom stereocenters. The van der Waals surface area contributed by atoms with Crippen molar-refractivity contribution in [2.75, 3.05) is 31.4 Å². The molecule has 19 heavy (non-hydrogen) atoms. The third kappa shape index (κ3) is 2.81. The minimum Gasteiger partial charge on any atom is -0.357 e. The number of imidazole rings is 1. The summed E-state index contributed by atoms with van der Waals surface area (Å²) in [5.41, 5.74) is 0. The van der Waals surface area contributed by atoms with E-state index in [0.29, 0.717) is 17.8 Å². The highest BCUT2D eigenvalue weighted by molar-refractivity contribution is 5.39. The van der Waals surface area contributed by atoms with Crippen LogP contribution in [0.4, 0.5) is 11.9 Å². The molecule has 0 amide bonds. The van der Waals surface area contributed by atoms with Crippen LogP contribution in [0.15, 0.2) is 12.4 Å². The van der Waals surface area contributed by atoms with E-state index in [1.165, 1.54) is 0 Å². The van der Waals surface area contributed by atoms with Gasteiger partial charge in [0.25, 0.3) is 0 Å². The summed E-state index contributed by atoms with van der Waals surface area (Å²) in [6.07, 6.45) is 5.56. The van der Waals surface area contributed by atoms with Gasteiger partial charge >= 0.3 is 0 Å². The van der Waals surface area contributed by atoms with E-state index in [0.717, 1.165) is 18.7 Å². The molecule has 0 aliphatic carbocycles. The molecule has 0 aliphatic heterocycles. The van der Waals surface area contributed by atoms with Crippen molar-refractivity contribution in [2.45, 2.75) is 19.8 Å².